The van der Waals surface area contributed by atoms with Gasteiger partial charge in [-0.1, -0.05) is 218 Å². The molecule has 5 aromatic rings. The van der Waals surface area contributed by atoms with Crippen LogP contribution in [0.1, 0.15) is 99.8 Å². The molecular formula is C59H73NO3S2Si2. The average molecular weight is 965 g/mol. The first-order valence-electron chi connectivity index (χ1n) is 24.8. The summed E-state index contributed by atoms with van der Waals surface area (Å²) < 4.78 is 20.4. The van der Waals surface area contributed by atoms with Crippen molar-refractivity contribution in [1.29, 1.82) is 0 Å². The lowest BCUT2D eigenvalue weighted by molar-refractivity contribution is 0.142. The predicted octanol–water partition coefficient (Wildman–Crippen LogP) is 12.6. The van der Waals surface area contributed by atoms with Gasteiger partial charge in [0.05, 0.1) is 12.7 Å². The molecule has 0 bridgehead atoms. The van der Waals surface area contributed by atoms with Gasteiger partial charge in [0.15, 0.2) is 5.05 Å². The highest BCUT2D eigenvalue weighted by molar-refractivity contribution is 8.00. The van der Waals surface area contributed by atoms with E-state index in [4.69, 9.17) is 30.8 Å². The maximum absolute atomic E-state index is 7.87. The number of allylic oxidation sites excluding steroid dienone is 2. The molecule has 2 aliphatic rings. The van der Waals surface area contributed by atoms with Crippen LogP contribution in [0, 0.1) is 34.5 Å². The van der Waals surface area contributed by atoms with Crippen molar-refractivity contribution in [3.63, 3.8) is 0 Å². The fourth-order valence-electron chi connectivity index (χ4n) is 10.2. The van der Waals surface area contributed by atoms with E-state index < -0.39 is 18.1 Å². The molecule has 1 fully saturated rings. The van der Waals surface area contributed by atoms with Crippen molar-refractivity contribution < 1.29 is 13.6 Å². The summed E-state index contributed by atoms with van der Waals surface area (Å²) in [6, 6.07) is 54.5. The summed E-state index contributed by atoms with van der Waals surface area (Å²) in [7, 11) is -2.95. The van der Waals surface area contributed by atoms with Crippen LogP contribution in [0.5, 0.6) is 0 Å². The predicted molar refractivity (Wildman–Crippen MR) is 292 cm³/mol. The number of thioether (sulfide) groups is 1. The second-order valence-corrected chi connectivity index (χ2v) is 26.5. The van der Waals surface area contributed by atoms with Crippen LogP contribution < -0.4 is 20.7 Å². The normalized spacial score (nSPS) is 21.2. The molecule has 8 heteroatoms. The summed E-state index contributed by atoms with van der Waals surface area (Å²) >= 11 is 7.64. The molecule has 5 aromatic carbocycles. The van der Waals surface area contributed by atoms with E-state index in [0.717, 1.165) is 51.6 Å². The van der Waals surface area contributed by atoms with Crippen molar-refractivity contribution in [3.05, 3.63) is 164 Å². The Labute approximate surface area is 416 Å². The van der Waals surface area contributed by atoms with E-state index in [0.29, 0.717) is 23.5 Å². The smallest absolute Gasteiger partial charge is 0.283 e. The average Bonchev–Trinajstić information content (AvgIpc) is 3.79. The van der Waals surface area contributed by atoms with Gasteiger partial charge in [0.1, 0.15) is 4.87 Å². The van der Waals surface area contributed by atoms with Crippen LogP contribution in [0.15, 0.2) is 174 Å². The number of hydrogen-bond acceptors (Lipinski definition) is 6. The first-order valence-corrected chi connectivity index (χ1v) is 28.8. The second kappa shape index (κ2) is 24.1. The van der Waals surface area contributed by atoms with Crippen LogP contribution in [0.2, 0.25) is 0 Å². The van der Waals surface area contributed by atoms with Gasteiger partial charge in [0, 0.05) is 29.6 Å². The van der Waals surface area contributed by atoms with Crippen LogP contribution >= 0.6 is 24.0 Å². The molecular weight excluding hydrogens is 891 g/mol. The standard InChI is InChI=1S/C59H73NO3S2Si2/c1-8-61-54(64)40-27-39-53-56(63-67(49-35-22-12-23-36-49)50-37-24-13-25-38-50)55-51(52(58(5,6)7)44-59(55,60-53)65-46-29-16-9-17-30-46)42-41-45(57(2,3)4)28-15-14-26-43-62-66(47-31-18-10-19-32-47)48-33-20-11-21-34-48/h9-13,16-25,29-38,41-42,45,51-52,55-56H,8,14-15,26-28,39-40,43-44H2,1-7H3/t45-,51?,52?,55?,56?,59?/m0/s1. The fraction of sp³-hybridized carbons (Fsp3) is 0.424. The monoisotopic (exact) mass is 963 g/mol. The van der Waals surface area contributed by atoms with E-state index in [2.05, 4.69) is 205 Å². The van der Waals surface area contributed by atoms with Gasteiger partial charge < -0.3 is 13.6 Å². The number of unbranched alkanes of at least 4 members (excludes halogenated alkanes) is 2. The highest BCUT2D eigenvalue weighted by atomic mass is 32.2. The Morgan fingerprint density at radius 1 is 0.716 bits per heavy atom. The number of aliphatic imine (C=N–C) groups is 1. The van der Waals surface area contributed by atoms with Gasteiger partial charge in [-0.3, -0.25) is 4.99 Å². The van der Waals surface area contributed by atoms with Crippen LogP contribution in [-0.4, -0.2) is 53.0 Å². The van der Waals surface area contributed by atoms with E-state index in [1.165, 1.54) is 37.8 Å². The Morgan fingerprint density at radius 2 is 1.24 bits per heavy atom. The van der Waals surface area contributed by atoms with Gasteiger partial charge in [-0.15, -0.1) is 0 Å². The van der Waals surface area contributed by atoms with Crippen LogP contribution in [0.4, 0.5) is 0 Å². The van der Waals surface area contributed by atoms with Crippen molar-refractivity contribution in [2.75, 3.05) is 13.2 Å². The number of nitrogens with zero attached hydrogens (tertiary/aromatic N) is 1. The van der Waals surface area contributed by atoms with Crippen molar-refractivity contribution in [1.82, 2.24) is 0 Å². The summed E-state index contributed by atoms with van der Waals surface area (Å²) in [5.41, 5.74) is 1.35. The lowest BCUT2D eigenvalue weighted by atomic mass is 9.71. The molecule has 7 rings (SSSR count). The SMILES string of the molecule is CCOC(=S)CCCC1=NC2(Sc3ccccc3)CC(C(C)(C)C)C(C=C[C@H](CCCCCO[Si](c3ccccc3)c3ccccc3)C(C)(C)C)C2C1O[Si](c1ccccc1)c1ccccc1. The molecule has 352 valence electrons. The van der Waals surface area contributed by atoms with Crippen LogP contribution in [0.25, 0.3) is 0 Å². The summed E-state index contributed by atoms with van der Waals surface area (Å²) in [4.78, 5) is 6.88. The van der Waals surface area contributed by atoms with Gasteiger partial charge in [-0.25, -0.2) is 0 Å². The van der Waals surface area contributed by atoms with Gasteiger partial charge in [0.2, 0.25) is 0 Å². The minimum atomic E-state index is -1.66. The minimum Gasteiger partial charge on any atom is -0.487 e. The molecule has 0 spiro atoms. The van der Waals surface area contributed by atoms with Crippen molar-refractivity contribution in [3.8, 4) is 0 Å². The Hall–Kier alpha value is -3.90. The van der Waals surface area contributed by atoms with Gasteiger partial charge in [-0.05, 0) is 113 Å². The maximum atomic E-state index is 7.87. The first kappa shape index (κ1) is 51.0. The summed E-state index contributed by atoms with van der Waals surface area (Å²) in [5.74, 6) is 1.23. The molecule has 1 aliphatic carbocycles. The first-order chi connectivity index (χ1) is 32.4. The molecule has 5 unspecified atom stereocenters. The maximum Gasteiger partial charge on any atom is 0.283 e. The zero-order valence-corrected chi connectivity index (χ0v) is 44.7. The number of thiocarbonyl (C=S) groups is 1. The highest BCUT2D eigenvalue weighted by Crippen LogP contribution is 2.63. The zero-order valence-electron chi connectivity index (χ0n) is 41.0. The third kappa shape index (κ3) is 13.7. The summed E-state index contributed by atoms with van der Waals surface area (Å²) in [5, 5.41) is 5.82. The zero-order chi connectivity index (χ0) is 47.3. The molecule has 0 aromatic heterocycles. The fourth-order valence-corrected chi connectivity index (χ4v) is 16.1. The largest absolute Gasteiger partial charge is 0.487 e. The number of benzene rings is 5. The topological polar surface area (TPSA) is 40.0 Å². The third-order valence-corrected chi connectivity index (χ3v) is 19.8. The summed E-state index contributed by atoms with van der Waals surface area (Å²) in [6.45, 7) is 18.0. The highest BCUT2D eigenvalue weighted by Gasteiger charge is 2.63. The molecule has 0 N–H and O–H groups in total. The van der Waals surface area contributed by atoms with Gasteiger partial charge in [0.25, 0.3) is 18.1 Å². The molecule has 1 saturated carbocycles. The quantitative estimate of drug-likeness (QED) is 0.0299. The van der Waals surface area contributed by atoms with Crippen molar-refractivity contribution in [2.45, 2.75) is 116 Å². The van der Waals surface area contributed by atoms with Gasteiger partial charge in [-0.2, -0.15) is 0 Å². The molecule has 2 radical (unpaired) electrons. The molecule has 4 nitrogen and oxygen atoms in total. The summed E-state index contributed by atoms with van der Waals surface area (Å²) in [6.07, 6.45) is 13.1. The Balaban J connectivity index is 1.18. The molecule has 1 aliphatic heterocycles. The van der Waals surface area contributed by atoms with Crippen LogP contribution in [0.3, 0.4) is 0 Å². The Bertz CT molecular complexity index is 2240. The lowest BCUT2D eigenvalue weighted by Crippen LogP contribution is -2.51. The molecule has 6 atom stereocenters. The molecule has 67 heavy (non-hydrogen) atoms. The molecule has 0 amide bonds. The van der Waals surface area contributed by atoms with Crippen LogP contribution in [-0.2, 0) is 13.6 Å². The number of fused-ring (bicyclic) bond motifs is 1. The molecule has 1 heterocycles. The van der Waals surface area contributed by atoms with E-state index in [-0.39, 0.29) is 33.6 Å². The Kier molecular flexibility index (Phi) is 18.3. The lowest BCUT2D eigenvalue weighted by Gasteiger charge is -2.36. The van der Waals surface area contributed by atoms with E-state index in [1.807, 2.05) is 18.7 Å². The van der Waals surface area contributed by atoms with E-state index in [9.17, 15) is 0 Å². The minimum absolute atomic E-state index is 0.0527. The number of hydrogen-bond donors (Lipinski definition) is 0. The number of rotatable bonds is 22. The van der Waals surface area contributed by atoms with E-state index >= 15 is 0 Å². The van der Waals surface area contributed by atoms with Crippen molar-refractivity contribution >= 4 is 73.6 Å². The number of ether oxygens (including phenoxy) is 1. The molecule has 0 saturated heterocycles. The second-order valence-electron chi connectivity index (χ2n) is 20.5. The third-order valence-electron chi connectivity index (χ3n) is 13.6. The van der Waals surface area contributed by atoms with E-state index in [1.54, 1.807) is 0 Å². The Morgan fingerprint density at radius 3 is 1.75 bits per heavy atom. The van der Waals surface area contributed by atoms with Crippen molar-refractivity contribution in [2.24, 2.45) is 39.5 Å². The van der Waals surface area contributed by atoms with Gasteiger partial charge >= 0.3 is 0 Å².